The Morgan fingerprint density at radius 2 is 1.92 bits per heavy atom. The van der Waals surface area contributed by atoms with E-state index in [9.17, 15) is 24.8 Å². The van der Waals surface area contributed by atoms with Crippen LogP contribution in [0, 0.1) is 10.1 Å². The first-order valence-corrected chi connectivity index (χ1v) is 7.05. The van der Waals surface area contributed by atoms with E-state index in [0.717, 1.165) is 11.0 Å². The van der Waals surface area contributed by atoms with E-state index in [1.54, 1.807) is 20.8 Å². The zero-order valence-electron chi connectivity index (χ0n) is 14.1. The van der Waals surface area contributed by atoms with E-state index in [0.29, 0.717) is 0 Å². The molecule has 0 aliphatic carbocycles. The van der Waals surface area contributed by atoms with Crippen molar-refractivity contribution in [3.8, 4) is 5.75 Å². The number of carboxylic acids is 1. The number of amides is 1. The van der Waals surface area contributed by atoms with Gasteiger partial charge in [-0.2, -0.15) is 0 Å². The molecule has 1 N–H and O–H groups in total. The Morgan fingerprint density at radius 1 is 1.33 bits per heavy atom. The monoisotopic (exact) mass is 340 g/mol. The number of hydrogen-bond donors (Lipinski definition) is 1. The molecule has 0 fully saturated rings. The summed E-state index contributed by atoms with van der Waals surface area (Å²) in [5.74, 6) is -1.10. The molecule has 9 heteroatoms. The van der Waals surface area contributed by atoms with Crippen molar-refractivity contribution in [2.45, 2.75) is 39.3 Å². The number of nitrogens with zero attached hydrogens (tertiary/aromatic N) is 2. The lowest BCUT2D eigenvalue weighted by Gasteiger charge is -2.29. The Labute approximate surface area is 138 Å². The number of aliphatic carboxylic acids is 1. The van der Waals surface area contributed by atoms with Crippen molar-refractivity contribution in [3.05, 3.63) is 28.3 Å². The summed E-state index contributed by atoms with van der Waals surface area (Å²) in [7, 11) is 1.35. The molecule has 0 aliphatic heterocycles. The SMILES string of the molecule is COc1ccc([N+](=O)[O-])c(N(C(=O)OC(C)(C)C)C(C)C(=O)O)c1. The zero-order valence-corrected chi connectivity index (χ0v) is 14.1. The maximum Gasteiger partial charge on any atom is 0.415 e. The molecule has 1 atom stereocenters. The number of nitro groups is 1. The number of carboxylic acid groups (broad SMARTS) is 1. The van der Waals surface area contributed by atoms with E-state index < -0.39 is 34.3 Å². The molecule has 0 aromatic heterocycles. The number of methoxy groups -OCH3 is 1. The van der Waals surface area contributed by atoms with E-state index >= 15 is 0 Å². The van der Waals surface area contributed by atoms with Crippen LogP contribution >= 0.6 is 0 Å². The minimum absolute atomic E-state index is 0.219. The second-order valence-corrected chi connectivity index (χ2v) is 5.98. The third-order valence-electron chi connectivity index (χ3n) is 2.97. The summed E-state index contributed by atoms with van der Waals surface area (Å²) in [5.41, 5.74) is -1.56. The highest BCUT2D eigenvalue weighted by molar-refractivity contribution is 5.97. The Kier molecular flexibility index (Phi) is 5.73. The van der Waals surface area contributed by atoms with Gasteiger partial charge in [0, 0.05) is 12.1 Å². The fraction of sp³-hybridized carbons (Fsp3) is 0.467. The minimum atomic E-state index is -1.38. The molecule has 0 saturated carbocycles. The van der Waals surface area contributed by atoms with Crippen molar-refractivity contribution in [1.82, 2.24) is 0 Å². The molecular formula is C15H20N2O7. The van der Waals surface area contributed by atoms with Crippen LogP contribution in [0.2, 0.25) is 0 Å². The van der Waals surface area contributed by atoms with Crippen LogP contribution in [0.4, 0.5) is 16.2 Å². The highest BCUT2D eigenvalue weighted by Gasteiger charge is 2.35. The number of nitro benzene ring substituents is 1. The Hall–Kier alpha value is -2.84. The van der Waals surface area contributed by atoms with Crippen LogP contribution in [-0.4, -0.2) is 40.8 Å². The maximum absolute atomic E-state index is 12.5. The molecule has 0 radical (unpaired) electrons. The molecule has 1 unspecified atom stereocenters. The fourth-order valence-corrected chi connectivity index (χ4v) is 1.86. The summed E-state index contributed by atoms with van der Waals surface area (Å²) in [4.78, 5) is 35.1. The van der Waals surface area contributed by atoms with Gasteiger partial charge in [-0.05, 0) is 33.8 Å². The lowest BCUT2D eigenvalue weighted by atomic mass is 10.2. The number of anilines is 1. The van der Waals surface area contributed by atoms with Gasteiger partial charge in [0.1, 0.15) is 23.1 Å². The molecule has 1 aromatic rings. The third-order valence-corrected chi connectivity index (χ3v) is 2.97. The van der Waals surface area contributed by atoms with E-state index in [4.69, 9.17) is 9.47 Å². The first kappa shape index (κ1) is 19.2. The minimum Gasteiger partial charge on any atom is -0.497 e. The van der Waals surface area contributed by atoms with Gasteiger partial charge in [0.15, 0.2) is 0 Å². The van der Waals surface area contributed by atoms with E-state index in [2.05, 4.69) is 0 Å². The van der Waals surface area contributed by atoms with Crippen molar-refractivity contribution in [2.75, 3.05) is 12.0 Å². The first-order valence-electron chi connectivity index (χ1n) is 7.05. The average Bonchev–Trinajstić information content (AvgIpc) is 2.44. The number of benzene rings is 1. The zero-order chi connectivity index (χ0) is 18.7. The molecule has 9 nitrogen and oxygen atoms in total. The van der Waals surface area contributed by atoms with E-state index in [1.165, 1.54) is 26.2 Å². The molecule has 0 heterocycles. The summed E-state index contributed by atoms with van der Waals surface area (Å²) < 4.78 is 10.2. The summed E-state index contributed by atoms with van der Waals surface area (Å²) in [5, 5.41) is 20.5. The van der Waals surface area contributed by atoms with Crippen LogP contribution in [0.3, 0.4) is 0 Å². The lowest BCUT2D eigenvalue weighted by Crippen LogP contribution is -2.46. The third kappa shape index (κ3) is 4.58. The topological polar surface area (TPSA) is 119 Å². The van der Waals surface area contributed by atoms with E-state index in [1.807, 2.05) is 0 Å². The predicted molar refractivity (Wildman–Crippen MR) is 85.5 cm³/mol. The maximum atomic E-state index is 12.5. The van der Waals surface area contributed by atoms with Crippen LogP contribution in [-0.2, 0) is 9.53 Å². The molecule has 1 amide bonds. The Bertz CT molecular complexity index is 652. The quantitative estimate of drug-likeness (QED) is 0.646. The van der Waals surface area contributed by atoms with Crippen molar-refractivity contribution in [2.24, 2.45) is 0 Å². The molecule has 0 bridgehead atoms. The molecular weight excluding hydrogens is 320 g/mol. The number of carbonyl (C=O) groups excluding carboxylic acids is 1. The van der Waals surface area contributed by atoms with Gasteiger partial charge in [-0.3, -0.25) is 15.0 Å². The van der Waals surface area contributed by atoms with Gasteiger partial charge in [0.25, 0.3) is 5.69 Å². The van der Waals surface area contributed by atoms with Gasteiger partial charge in [-0.1, -0.05) is 0 Å². The van der Waals surface area contributed by atoms with Gasteiger partial charge < -0.3 is 14.6 Å². The van der Waals surface area contributed by atoms with Crippen molar-refractivity contribution >= 4 is 23.4 Å². The van der Waals surface area contributed by atoms with Gasteiger partial charge in [-0.25, -0.2) is 9.59 Å². The summed E-state index contributed by atoms with van der Waals surface area (Å²) in [6.07, 6.45) is -1.01. The molecule has 132 valence electrons. The molecule has 0 spiro atoms. The van der Waals surface area contributed by atoms with Crippen molar-refractivity contribution in [3.63, 3.8) is 0 Å². The molecule has 1 rings (SSSR count). The molecule has 0 saturated heterocycles. The highest BCUT2D eigenvalue weighted by atomic mass is 16.6. The number of hydrogen-bond acceptors (Lipinski definition) is 6. The first-order chi connectivity index (χ1) is 11.0. The number of rotatable bonds is 5. The lowest BCUT2D eigenvalue weighted by molar-refractivity contribution is -0.384. The van der Waals surface area contributed by atoms with Crippen LogP contribution in [0.1, 0.15) is 27.7 Å². The summed E-state index contributed by atoms with van der Waals surface area (Å²) >= 11 is 0. The van der Waals surface area contributed by atoms with Gasteiger partial charge in [0.05, 0.1) is 12.0 Å². The molecule has 0 aliphatic rings. The predicted octanol–water partition coefficient (Wildman–Crippen LogP) is 2.82. The van der Waals surface area contributed by atoms with Gasteiger partial charge in [0.2, 0.25) is 0 Å². The largest absolute Gasteiger partial charge is 0.497 e. The fourth-order valence-electron chi connectivity index (χ4n) is 1.86. The normalized spacial score (nSPS) is 12.2. The van der Waals surface area contributed by atoms with Crippen molar-refractivity contribution < 1.29 is 29.1 Å². The average molecular weight is 340 g/mol. The summed E-state index contributed by atoms with van der Waals surface area (Å²) in [6.45, 7) is 6.05. The van der Waals surface area contributed by atoms with Crippen LogP contribution < -0.4 is 9.64 Å². The van der Waals surface area contributed by atoms with Gasteiger partial charge >= 0.3 is 12.1 Å². The van der Waals surface area contributed by atoms with Crippen LogP contribution in [0.5, 0.6) is 5.75 Å². The highest BCUT2D eigenvalue weighted by Crippen LogP contribution is 2.34. The number of ether oxygens (including phenoxy) is 2. The Balaban J connectivity index is 3.51. The van der Waals surface area contributed by atoms with Gasteiger partial charge in [-0.15, -0.1) is 0 Å². The summed E-state index contributed by atoms with van der Waals surface area (Å²) in [6, 6.07) is 2.33. The molecule has 24 heavy (non-hydrogen) atoms. The van der Waals surface area contributed by atoms with E-state index in [-0.39, 0.29) is 11.4 Å². The Morgan fingerprint density at radius 3 is 2.33 bits per heavy atom. The standard InChI is InChI=1S/C15H20N2O7/c1-9(13(18)19)16(14(20)24-15(2,3)4)12-8-10(23-5)6-7-11(12)17(21)22/h6-9H,1-5H3,(H,18,19). The van der Waals surface area contributed by atoms with Crippen molar-refractivity contribution in [1.29, 1.82) is 0 Å². The second-order valence-electron chi connectivity index (χ2n) is 5.98. The second kappa shape index (κ2) is 7.16. The smallest absolute Gasteiger partial charge is 0.415 e. The van der Waals surface area contributed by atoms with Crippen LogP contribution in [0.15, 0.2) is 18.2 Å². The van der Waals surface area contributed by atoms with Crippen LogP contribution in [0.25, 0.3) is 0 Å². The molecule has 1 aromatic carbocycles. The number of carbonyl (C=O) groups is 2.